The molecule has 1 aliphatic rings. The van der Waals surface area contributed by atoms with Crippen LogP contribution in [0.25, 0.3) is 0 Å². The van der Waals surface area contributed by atoms with Gasteiger partial charge in [0.25, 0.3) is 5.79 Å². The summed E-state index contributed by atoms with van der Waals surface area (Å²) < 4.78 is 15.8. The lowest BCUT2D eigenvalue weighted by Crippen LogP contribution is -2.67. The van der Waals surface area contributed by atoms with Gasteiger partial charge in [-0.15, -0.1) is 6.58 Å². The van der Waals surface area contributed by atoms with E-state index in [0.717, 1.165) is 7.11 Å². The molecule has 0 saturated carbocycles. The van der Waals surface area contributed by atoms with Crippen LogP contribution >= 0.6 is 0 Å². The van der Waals surface area contributed by atoms with Gasteiger partial charge in [0.05, 0.1) is 32.0 Å². The van der Waals surface area contributed by atoms with Gasteiger partial charge in [-0.05, 0) is 6.42 Å². The van der Waals surface area contributed by atoms with E-state index in [4.69, 9.17) is 14.2 Å². The Morgan fingerprint density at radius 1 is 1.48 bits per heavy atom. The van der Waals surface area contributed by atoms with Crippen molar-refractivity contribution in [2.24, 2.45) is 0 Å². The molecule has 0 aromatic heterocycles. The van der Waals surface area contributed by atoms with Crippen molar-refractivity contribution < 1.29 is 39.1 Å². The lowest BCUT2D eigenvalue weighted by molar-refractivity contribution is -0.309. The third-order valence-electron chi connectivity index (χ3n) is 4.02. The van der Waals surface area contributed by atoms with Gasteiger partial charge < -0.3 is 34.8 Å². The van der Waals surface area contributed by atoms with Crippen molar-refractivity contribution in [2.75, 3.05) is 13.7 Å². The first-order valence-electron chi connectivity index (χ1n) is 8.04. The summed E-state index contributed by atoms with van der Waals surface area (Å²) in [5, 5.41) is 33.3. The Bertz CT molecular complexity index is 485. The van der Waals surface area contributed by atoms with Crippen molar-refractivity contribution in [3.05, 3.63) is 12.7 Å². The Hall–Kier alpha value is -1.52. The van der Waals surface area contributed by atoms with E-state index in [1.807, 2.05) is 0 Å². The van der Waals surface area contributed by atoms with Gasteiger partial charge in [-0.1, -0.05) is 13.0 Å². The smallest absolute Gasteiger partial charge is 0.366 e. The van der Waals surface area contributed by atoms with E-state index in [-0.39, 0.29) is 19.4 Å². The van der Waals surface area contributed by atoms with E-state index >= 15 is 0 Å². The first-order valence-corrected chi connectivity index (χ1v) is 8.04. The molecule has 1 rings (SSSR count). The summed E-state index contributed by atoms with van der Waals surface area (Å²) in [5.74, 6) is -3.36. The molecule has 144 valence electrons. The van der Waals surface area contributed by atoms with Crippen LogP contribution in [0.15, 0.2) is 12.7 Å². The maximum Gasteiger partial charge on any atom is 0.366 e. The summed E-state index contributed by atoms with van der Waals surface area (Å²) in [6, 6.07) is -1.04. The molecule has 1 unspecified atom stereocenters. The second kappa shape index (κ2) is 9.25. The van der Waals surface area contributed by atoms with Gasteiger partial charge in [0, 0.05) is 13.3 Å². The normalized spacial score (nSPS) is 31.7. The second-order valence-electron chi connectivity index (χ2n) is 5.89. The predicted molar refractivity (Wildman–Crippen MR) is 86.3 cm³/mol. The van der Waals surface area contributed by atoms with E-state index < -0.39 is 48.1 Å². The molecule has 6 atom stereocenters. The zero-order chi connectivity index (χ0) is 19.2. The lowest BCUT2D eigenvalue weighted by Gasteiger charge is -2.46. The number of methoxy groups -OCH3 is 1. The number of carbonyl (C=O) groups is 2. The first-order chi connectivity index (χ1) is 11.7. The highest BCUT2D eigenvalue weighted by molar-refractivity contribution is 5.78. The fourth-order valence-corrected chi connectivity index (χ4v) is 2.75. The Morgan fingerprint density at radius 3 is 2.60 bits per heavy atom. The second-order valence-corrected chi connectivity index (χ2v) is 5.89. The lowest BCUT2D eigenvalue weighted by atomic mass is 9.88. The maximum atomic E-state index is 12.2. The van der Waals surface area contributed by atoms with Crippen molar-refractivity contribution in [1.29, 1.82) is 0 Å². The van der Waals surface area contributed by atoms with Crippen LogP contribution in [-0.4, -0.2) is 77.2 Å². The molecule has 1 amide bonds. The van der Waals surface area contributed by atoms with Crippen molar-refractivity contribution >= 4 is 11.9 Å². The largest absolute Gasteiger partial charge is 0.465 e. The standard InChI is InChI=1S/C16H27NO8/c1-5-7-24-16(15(22)23-4)8-11(20)12(17-9(3)18)14(25-16)13(21)10(19)6-2/h5,10-14,19-21H,1,6-8H2,2-4H3,(H,17,18)/t10-,11-,12-,13-,14?,16-/m1/s1. The number of hydrogen-bond acceptors (Lipinski definition) is 8. The van der Waals surface area contributed by atoms with Crippen molar-refractivity contribution in [2.45, 2.75) is 62.9 Å². The summed E-state index contributed by atoms with van der Waals surface area (Å²) in [5.41, 5.74) is 0. The summed E-state index contributed by atoms with van der Waals surface area (Å²) in [6.45, 7) is 6.29. The van der Waals surface area contributed by atoms with Crippen LogP contribution < -0.4 is 5.32 Å². The van der Waals surface area contributed by atoms with Crippen LogP contribution in [0.3, 0.4) is 0 Å². The Labute approximate surface area is 146 Å². The third-order valence-corrected chi connectivity index (χ3v) is 4.02. The molecule has 9 heteroatoms. The van der Waals surface area contributed by atoms with Gasteiger partial charge in [0.2, 0.25) is 5.91 Å². The first kappa shape index (κ1) is 21.5. The summed E-state index contributed by atoms with van der Waals surface area (Å²) >= 11 is 0. The number of amides is 1. The highest BCUT2D eigenvalue weighted by Gasteiger charge is 2.56. The number of aliphatic hydroxyl groups excluding tert-OH is 3. The minimum absolute atomic E-state index is 0.0776. The van der Waals surface area contributed by atoms with Crippen LogP contribution in [0.5, 0.6) is 0 Å². The van der Waals surface area contributed by atoms with E-state index in [1.54, 1.807) is 6.92 Å². The van der Waals surface area contributed by atoms with E-state index in [0.29, 0.717) is 0 Å². The van der Waals surface area contributed by atoms with Crippen molar-refractivity contribution in [3.63, 3.8) is 0 Å². The molecule has 1 heterocycles. The Kier molecular flexibility index (Phi) is 7.97. The van der Waals surface area contributed by atoms with Crippen molar-refractivity contribution in [1.82, 2.24) is 5.32 Å². The SMILES string of the molecule is C=CCO[C@]1(C(=O)OC)C[C@@H](O)[C@@H](NC(C)=O)C([C@H](O)[C@H](O)CC)O1. The fourth-order valence-electron chi connectivity index (χ4n) is 2.75. The maximum absolute atomic E-state index is 12.2. The van der Waals surface area contributed by atoms with E-state index in [9.17, 15) is 24.9 Å². The average molecular weight is 361 g/mol. The number of hydrogen-bond donors (Lipinski definition) is 4. The number of nitrogens with one attached hydrogen (secondary N) is 1. The third kappa shape index (κ3) is 4.99. The highest BCUT2D eigenvalue weighted by atomic mass is 16.7. The van der Waals surface area contributed by atoms with Gasteiger partial charge in [0.15, 0.2) is 0 Å². The molecule has 0 spiro atoms. The number of esters is 1. The number of carbonyl (C=O) groups excluding carboxylic acids is 2. The summed E-state index contributed by atoms with van der Waals surface area (Å²) in [4.78, 5) is 23.7. The molecule has 0 aromatic carbocycles. The molecule has 4 N–H and O–H groups in total. The van der Waals surface area contributed by atoms with Crippen LogP contribution in [0.4, 0.5) is 0 Å². The van der Waals surface area contributed by atoms with Crippen LogP contribution in [-0.2, 0) is 23.8 Å². The molecule has 9 nitrogen and oxygen atoms in total. The average Bonchev–Trinajstić information content (AvgIpc) is 2.59. The van der Waals surface area contributed by atoms with Crippen LogP contribution in [0, 0.1) is 0 Å². The number of ether oxygens (including phenoxy) is 3. The molecular formula is C16H27NO8. The molecule has 1 fully saturated rings. The summed E-state index contributed by atoms with van der Waals surface area (Å²) in [6.07, 6.45) is -4.01. The fraction of sp³-hybridized carbons (Fsp3) is 0.750. The summed E-state index contributed by atoms with van der Waals surface area (Å²) in [7, 11) is 1.13. The van der Waals surface area contributed by atoms with Gasteiger partial charge in [-0.3, -0.25) is 4.79 Å². The zero-order valence-electron chi connectivity index (χ0n) is 14.7. The molecular weight excluding hydrogens is 334 g/mol. The zero-order valence-corrected chi connectivity index (χ0v) is 14.7. The molecule has 0 bridgehead atoms. The minimum Gasteiger partial charge on any atom is -0.465 e. The van der Waals surface area contributed by atoms with Gasteiger partial charge >= 0.3 is 5.97 Å². The van der Waals surface area contributed by atoms with Crippen LogP contribution in [0.2, 0.25) is 0 Å². The molecule has 0 radical (unpaired) electrons. The van der Waals surface area contributed by atoms with Crippen molar-refractivity contribution in [3.8, 4) is 0 Å². The van der Waals surface area contributed by atoms with E-state index in [2.05, 4.69) is 11.9 Å². The molecule has 1 aliphatic heterocycles. The van der Waals surface area contributed by atoms with Gasteiger partial charge in [-0.2, -0.15) is 0 Å². The topological polar surface area (TPSA) is 135 Å². The van der Waals surface area contributed by atoms with E-state index in [1.165, 1.54) is 13.0 Å². The molecule has 0 aliphatic carbocycles. The quantitative estimate of drug-likeness (QED) is 0.314. The molecule has 0 aromatic rings. The Balaban J connectivity index is 3.23. The number of rotatable bonds is 8. The molecule has 1 saturated heterocycles. The predicted octanol–water partition coefficient (Wildman–Crippen LogP) is -1.16. The monoisotopic (exact) mass is 361 g/mol. The Morgan fingerprint density at radius 2 is 2.12 bits per heavy atom. The number of aliphatic hydroxyl groups is 3. The van der Waals surface area contributed by atoms with Gasteiger partial charge in [0.1, 0.15) is 12.2 Å². The molecule has 25 heavy (non-hydrogen) atoms. The van der Waals surface area contributed by atoms with Crippen LogP contribution in [0.1, 0.15) is 26.7 Å². The minimum atomic E-state index is -1.99. The highest BCUT2D eigenvalue weighted by Crippen LogP contribution is 2.34. The van der Waals surface area contributed by atoms with Gasteiger partial charge in [-0.25, -0.2) is 4.79 Å².